The molecule has 31 heavy (non-hydrogen) atoms. The second-order valence-electron chi connectivity index (χ2n) is 6.56. The summed E-state index contributed by atoms with van der Waals surface area (Å²) in [6.07, 6.45) is 0. The molecule has 2 amide bonds. The molecule has 9 nitrogen and oxygen atoms in total. The Bertz CT molecular complexity index is 1060. The van der Waals surface area contributed by atoms with Gasteiger partial charge in [-0.05, 0) is 39.0 Å². The molecule has 0 aliphatic heterocycles. The van der Waals surface area contributed by atoms with E-state index in [2.05, 4.69) is 25.8 Å². The van der Waals surface area contributed by atoms with Gasteiger partial charge in [0, 0.05) is 17.0 Å². The van der Waals surface area contributed by atoms with Crippen LogP contribution in [0.15, 0.2) is 29.4 Å². The maximum atomic E-state index is 12.4. The van der Waals surface area contributed by atoms with E-state index in [0.717, 1.165) is 10.6 Å². The van der Waals surface area contributed by atoms with Gasteiger partial charge in [-0.2, -0.15) is 0 Å². The van der Waals surface area contributed by atoms with Crippen LogP contribution in [0.2, 0.25) is 0 Å². The molecule has 3 rings (SSSR count). The maximum Gasteiger partial charge on any atom is 0.251 e. The topological polar surface area (TPSA) is 111 Å². The van der Waals surface area contributed by atoms with Gasteiger partial charge in [0.15, 0.2) is 16.1 Å². The predicted octanol–water partition coefficient (Wildman–Crippen LogP) is 3.04. The summed E-state index contributed by atoms with van der Waals surface area (Å²) in [6.45, 7) is 6.68. The van der Waals surface area contributed by atoms with Crippen molar-refractivity contribution in [3.63, 3.8) is 0 Å². The van der Waals surface area contributed by atoms with E-state index in [1.807, 2.05) is 25.3 Å². The monoisotopic (exact) mass is 460 g/mol. The Balaban J connectivity index is 1.57. The molecule has 0 saturated carbocycles. The summed E-state index contributed by atoms with van der Waals surface area (Å²) in [7, 11) is 1.55. The maximum absolute atomic E-state index is 12.4. The molecule has 2 N–H and O–H groups in total. The normalized spacial score (nSPS) is 10.7. The number of thioether (sulfide) groups is 1. The first kappa shape index (κ1) is 22.8. The average Bonchev–Trinajstić information content (AvgIpc) is 3.31. The van der Waals surface area contributed by atoms with Crippen molar-refractivity contribution in [1.82, 2.24) is 25.1 Å². The van der Waals surface area contributed by atoms with Gasteiger partial charge in [-0.15, -0.1) is 21.5 Å². The molecule has 0 fully saturated rings. The van der Waals surface area contributed by atoms with Gasteiger partial charge < -0.3 is 19.9 Å². The van der Waals surface area contributed by atoms with Gasteiger partial charge in [0.05, 0.1) is 25.1 Å². The number of rotatable bonds is 9. The summed E-state index contributed by atoms with van der Waals surface area (Å²) in [5.74, 6) is 1.04. The van der Waals surface area contributed by atoms with Gasteiger partial charge in [0.2, 0.25) is 5.91 Å². The van der Waals surface area contributed by atoms with E-state index in [1.165, 1.54) is 23.1 Å². The van der Waals surface area contributed by atoms with E-state index in [0.29, 0.717) is 34.0 Å². The third-order valence-electron chi connectivity index (χ3n) is 4.46. The van der Waals surface area contributed by atoms with E-state index >= 15 is 0 Å². The highest BCUT2D eigenvalue weighted by Gasteiger charge is 2.15. The number of carbonyl (C=O) groups is 2. The van der Waals surface area contributed by atoms with Gasteiger partial charge in [-0.25, -0.2) is 4.98 Å². The fraction of sp³-hybridized carbons (Fsp3) is 0.350. The van der Waals surface area contributed by atoms with Crippen LogP contribution < -0.4 is 15.4 Å². The number of nitrogens with one attached hydrogen (secondary N) is 2. The number of carbonyl (C=O) groups excluding carboxylic acids is 2. The van der Waals surface area contributed by atoms with Gasteiger partial charge in [-0.1, -0.05) is 17.8 Å². The zero-order chi connectivity index (χ0) is 22.4. The number of aryl methyl sites for hydroxylation is 2. The highest BCUT2D eigenvalue weighted by Crippen LogP contribution is 2.22. The molecule has 0 radical (unpaired) electrons. The number of amides is 2. The average molecular weight is 461 g/mol. The number of aromatic nitrogens is 4. The van der Waals surface area contributed by atoms with E-state index in [9.17, 15) is 9.59 Å². The fourth-order valence-electron chi connectivity index (χ4n) is 2.71. The number of nitrogens with zero attached hydrogens (tertiary/aromatic N) is 4. The molecule has 2 heterocycles. The molecule has 0 saturated heterocycles. The van der Waals surface area contributed by atoms with Crippen molar-refractivity contribution in [2.75, 3.05) is 18.2 Å². The lowest BCUT2D eigenvalue weighted by Crippen LogP contribution is -2.24. The smallest absolute Gasteiger partial charge is 0.251 e. The SMILES string of the molecule is CCn1c(CNC(=O)c2cccc(OC)c2)nnc1SCC(=O)Nc1nc(C)c(C)s1. The standard InChI is InChI=1S/C20H24N6O3S2/c1-5-26-16(10-21-18(28)14-7-6-8-15(9-14)29-4)24-25-20(26)30-11-17(27)23-19-22-12(2)13(3)31-19/h6-9H,5,10-11H2,1-4H3,(H,21,28)(H,22,23,27). The Morgan fingerprint density at radius 1 is 1.26 bits per heavy atom. The molecule has 0 atom stereocenters. The molecule has 11 heteroatoms. The number of hydrogen-bond donors (Lipinski definition) is 2. The van der Waals surface area contributed by atoms with Crippen LogP contribution in [-0.4, -0.2) is 44.4 Å². The second-order valence-corrected chi connectivity index (χ2v) is 8.70. The van der Waals surface area contributed by atoms with Crippen LogP contribution in [-0.2, 0) is 17.9 Å². The molecule has 164 valence electrons. The summed E-state index contributed by atoms with van der Waals surface area (Å²) >= 11 is 2.74. The van der Waals surface area contributed by atoms with Crippen molar-refractivity contribution in [3.05, 3.63) is 46.2 Å². The first-order valence-electron chi connectivity index (χ1n) is 9.62. The summed E-state index contributed by atoms with van der Waals surface area (Å²) in [4.78, 5) is 30.1. The molecule has 2 aromatic heterocycles. The number of hydrogen-bond acceptors (Lipinski definition) is 8. The minimum Gasteiger partial charge on any atom is -0.497 e. The second kappa shape index (κ2) is 10.4. The van der Waals surface area contributed by atoms with Crippen LogP contribution in [0.5, 0.6) is 5.75 Å². The van der Waals surface area contributed by atoms with Gasteiger partial charge in [0.1, 0.15) is 5.75 Å². The van der Waals surface area contributed by atoms with Crippen LogP contribution >= 0.6 is 23.1 Å². The van der Waals surface area contributed by atoms with Crippen molar-refractivity contribution >= 4 is 40.0 Å². The van der Waals surface area contributed by atoms with Crippen LogP contribution in [0.1, 0.15) is 33.7 Å². The number of thiazole rings is 1. The molecule has 3 aromatic rings. The van der Waals surface area contributed by atoms with Crippen molar-refractivity contribution in [1.29, 1.82) is 0 Å². The van der Waals surface area contributed by atoms with Crippen molar-refractivity contribution in [2.45, 2.75) is 39.0 Å². The fourth-order valence-corrected chi connectivity index (χ4v) is 4.36. The minimum atomic E-state index is -0.229. The number of benzene rings is 1. The number of methoxy groups -OCH3 is 1. The third kappa shape index (κ3) is 5.82. The lowest BCUT2D eigenvalue weighted by molar-refractivity contribution is -0.113. The quantitative estimate of drug-likeness (QED) is 0.472. The van der Waals surface area contributed by atoms with Crippen LogP contribution in [0.3, 0.4) is 0 Å². The van der Waals surface area contributed by atoms with Crippen molar-refractivity contribution in [2.24, 2.45) is 0 Å². The summed E-state index contributed by atoms with van der Waals surface area (Å²) in [6, 6.07) is 6.93. The van der Waals surface area contributed by atoms with E-state index in [-0.39, 0.29) is 24.1 Å². The first-order valence-corrected chi connectivity index (χ1v) is 11.4. The molecule has 1 aromatic carbocycles. The molecule has 0 aliphatic carbocycles. The molecular weight excluding hydrogens is 436 g/mol. The van der Waals surface area contributed by atoms with Crippen LogP contribution in [0.25, 0.3) is 0 Å². The van der Waals surface area contributed by atoms with Gasteiger partial charge >= 0.3 is 0 Å². The Morgan fingerprint density at radius 3 is 2.74 bits per heavy atom. The van der Waals surface area contributed by atoms with Crippen LogP contribution in [0, 0.1) is 13.8 Å². The lowest BCUT2D eigenvalue weighted by Gasteiger charge is -2.09. The van der Waals surface area contributed by atoms with E-state index in [1.54, 1.807) is 31.4 Å². The molecule has 0 bridgehead atoms. The van der Waals surface area contributed by atoms with Gasteiger partial charge in [0.25, 0.3) is 5.91 Å². The Hall–Kier alpha value is -2.92. The van der Waals surface area contributed by atoms with Crippen molar-refractivity contribution in [3.8, 4) is 5.75 Å². The Kier molecular flexibility index (Phi) is 7.64. The van der Waals surface area contributed by atoms with Gasteiger partial charge in [-0.3, -0.25) is 9.59 Å². The molecule has 0 spiro atoms. The lowest BCUT2D eigenvalue weighted by atomic mass is 10.2. The highest BCUT2D eigenvalue weighted by atomic mass is 32.2. The Morgan fingerprint density at radius 2 is 2.06 bits per heavy atom. The summed E-state index contributed by atoms with van der Waals surface area (Å²) < 4.78 is 7.03. The predicted molar refractivity (Wildman–Crippen MR) is 121 cm³/mol. The molecular formula is C20H24N6O3S2. The highest BCUT2D eigenvalue weighted by molar-refractivity contribution is 7.99. The third-order valence-corrected chi connectivity index (χ3v) is 6.41. The van der Waals surface area contributed by atoms with E-state index < -0.39 is 0 Å². The molecule has 0 unspecified atom stereocenters. The number of ether oxygens (including phenoxy) is 1. The molecule has 0 aliphatic rings. The zero-order valence-corrected chi connectivity index (χ0v) is 19.4. The summed E-state index contributed by atoms with van der Waals surface area (Å²) in [5.41, 5.74) is 1.42. The number of anilines is 1. The van der Waals surface area contributed by atoms with Crippen LogP contribution in [0.4, 0.5) is 5.13 Å². The minimum absolute atomic E-state index is 0.155. The van der Waals surface area contributed by atoms with Crippen molar-refractivity contribution < 1.29 is 14.3 Å². The largest absolute Gasteiger partial charge is 0.497 e. The first-order chi connectivity index (χ1) is 14.9. The Labute approximate surface area is 188 Å². The van der Waals surface area contributed by atoms with E-state index in [4.69, 9.17) is 4.74 Å². The summed E-state index contributed by atoms with van der Waals surface area (Å²) in [5, 5.41) is 15.2. The zero-order valence-electron chi connectivity index (χ0n) is 17.8.